The normalized spacial score (nSPS) is 34.4. The summed E-state index contributed by atoms with van der Waals surface area (Å²) in [6.45, 7) is 7.05. The largest absolute Gasteiger partial charge is 0.460 e. The fourth-order valence-electron chi connectivity index (χ4n) is 7.65. The van der Waals surface area contributed by atoms with Crippen LogP contribution in [-0.4, -0.2) is 79.6 Å². The fourth-order valence-corrected chi connectivity index (χ4v) is 7.65. The van der Waals surface area contributed by atoms with E-state index in [1.807, 2.05) is 30.3 Å². The summed E-state index contributed by atoms with van der Waals surface area (Å²) < 4.78 is 24.4. The summed E-state index contributed by atoms with van der Waals surface area (Å²) in [7, 11) is 1.69. The Hall–Kier alpha value is -2.79. The summed E-state index contributed by atoms with van der Waals surface area (Å²) >= 11 is 0. The van der Waals surface area contributed by atoms with E-state index in [1.165, 1.54) is 5.57 Å². The van der Waals surface area contributed by atoms with Crippen molar-refractivity contribution in [2.45, 2.75) is 120 Å². The lowest BCUT2D eigenvalue weighted by atomic mass is 9.68. The minimum Gasteiger partial charge on any atom is -0.460 e. The number of rotatable bonds is 14. The summed E-state index contributed by atoms with van der Waals surface area (Å²) in [4.78, 5) is 37.7. The Morgan fingerprint density at radius 1 is 1.11 bits per heavy atom. The molecular formula is C35H51N3O7. The van der Waals surface area contributed by atoms with Gasteiger partial charge in [0.25, 0.3) is 0 Å². The van der Waals surface area contributed by atoms with E-state index in [4.69, 9.17) is 24.7 Å². The van der Waals surface area contributed by atoms with Crippen LogP contribution < -0.4 is 16.4 Å². The molecule has 10 heteroatoms. The van der Waals surface area contributed by atoms with Gasteiger partial charge in [-0.3, -0.25) is 19.7 Å². The van der Waals surface area contributed by atoms with E-state index in [9.17, 15) is 14.4 Å². The van der Waals surface area contributed by atoms with Gasteiger partial charge in [0, 0.05) is 19.6 Å². The molecular weight excluding hydrogens is 574 g/mol. The van der Waals surface area contributed by atoms with Crippen LogP contribution in [0.3, 0.4) is 0 Å². The molecule has 0 aromatic heterocycles. The van der Waals surface area contributed by atoms with Crippen molar-refractivity contribution in [3.63, 3.8) is 0 Å². The topological polar surface area (TPSA) is 145 Å². The van der Waals surface area contributed by atoms with Crippen molar-refractivity contribution in [2.75, 3.05) is 20.3 Å². The molecule has 2 heterocycles. The maximum Gasteiger partial charge on any atom is 0.306 e. The number of amides is 2. The molecule has 2 aliphatic carbocycles. The van der Waals surface area contributed by atoms with Gasteiger partial charge < -0.3 is 30.0 Å². The van der Waals surface area contributed by atoms with Gasteiger partial charge in [0.15, 0.2) is 0 Å². The third-order valence-electron chi connectivity index (χ3n) is 10.3. The first-order chi connectivity index (χ1) is 21.5. The van der Waals surface area contributed by atoms with Crippen LogP contribution in [0.2, 0.25) is 0 Å². The summed E-state index contributed by atoms with van der Waals surface area (Å²) in [6, 6.07) is 9.00. The van der Waals surface area contributed by atoms with Gasteiger partial charge in [-0.2, -0.15) is 0 Å². The zero-order valence-electron chi connectivity index (χ0n) is 27.2. The highest BCUT2D eigenvalue weighted by Crippen LogP contribution is 2.59. The number of ether oxygens (including phenoxy) is 4. The smallest absolute Gasteiger partial charge is 0.306 e. The van der Waals surface area contributed by atoms with E-state index in [0.29, 0.717) is 25.9 Å². The fraction of sp³-hybridized carbons (Fsp3) is 0.686. The van der Waals surface area contributed by atoms with E-state index in [2.05, 4.69) is 37.5 Å². The van der Waals surface area contributed by atoms with Crippen LogP contribution in [0.15, 0.2) is 42.0 Å². The van der Waals surface area contributed by atoms with Crippen molar-refractivity contribution in [1.82, 2.24) is 10.6 Å². The number of hydrogen-bond acceptors (Lipinski definition) is 8. The maximum atomic E-state index is 13.2. The molecule has 7 atom stereocenters. The van der Waals surface area contributed by atoms with E-state index >= 15 is 0 Å². The van der Waals surface area contributed by atoms with E-state index in [0.717, 1.165) is 44.1 Å². The highest BCUT2D eigenvalue weighted by atomic mass is 16.6. The van der Waals surface area contributed by atoms with Crippen LogP contribution in [0.5, 0.6) is 0 Å². The second-order valence-electron chi connectivity index (χ2n) is 13.9. The number of carbonyl (C=O) groups is 3. The van der Waals surface area contributed by atoms with Crippen LogP contribution in [0.1, 0.15) is 77.7 Å². The van der Waals surface area contributed by atoms with Gasteiger partial charge in [-0.15, -0.1) is 0 Å². The van der Waals surface area contributed by atoms with E-state index < -0.39 is 11.9 Å². The van der Waals surface area contributed by atoms with Crippen molar-refractivity contribution in [3.8, 4) is 0 Å². The lowest BCUT2D eigenvalue weighted by Gasteiger charge is -2.42. The molecule has 45 heavy (non-hydrogen) atoms. The molecule has 1 aromatic carbocycles. The summed E-state index contributed by atoms with van der Waals surface area (Å²) in [5.74, 6) is -0.626. The van der Waals surface area contributed by atoms with Crippen molar-refractivity contribution in [1.29, 1.82) is 0 Å². The number of esters is 1. The number of methoxy groups -OCH3 is 1. The van der Waals surface area contributed by atoms with Gasteiger partial charge in [0.05, 0.1) is 31.2 Å². The zero-order valence-corrected chi connectivity index (χ0v) is 27.2. The van der Waals surface area contributed by atoms with Crippen LogP contribution in [0.4, 0.5) is 0 Å². The molecule has 0 bridgehead atoms. The van der Waals surface area contributed by atoms with Gasteiger partial charge in [-0.1, -0.05) is 42.0 Å². The first-order valence-electron chi connectivity index (χ1n) is 16.6. The molecule has 10 nitrogen and oxygen atoms in total. The lowest BCUT2D eigenvalue weighted by molar-refractivity contribution is -0.173. The molecule has 2 aliphatic heterocycles. The number of nitrogens with one attached hydrogen (secondary N) is 2. The van der Waals surface area contributed by atoms with Crippen LogP contribution in [0, 0.1) is 11.8 Å². The minimum atomic E-state index is -0.622. The Balaban J connectivity index is 1.05. The van der Waals surface area contributed by atoms with Crippen molar-refractivity contribution >= 4 is 17.8 Å². The standard InChI is InChI=1S/C35H51N3O7/c1-22(2)10-15-28-34(3,45-28)32-31(42-4)27(16-17-35(32)21-43-35)44-30(40)19-24-11-13-25(14-12-24)38-29(39)20-37-26(33(36)41)18-23-8-6-5-7-9-23/h5-10,24-28,31-32,37H,11-21H2,1-4H3,(H2,36,41)(H,38,39)/t24?,25?,26-,27?,28+,31?,32?,34?,35-/m0/s1. The van der Waals surface area contributed by atoms with Crippen LogP contribution in [-0.2, 0) is 39.8 Å². The Kier molecular flexibility index (Phi) is 10.7. The van der Waals surface area contributed by atoms with E-state index in [-0.39, 0.29) is 65.8 Å². The van der Waals surface area contributed by atoms with Crippen LogP contribution >= 0.6 is 0 Å². The van der Waals surface area contributed by atoms with Gasteiger partial charge >= 0.3 is 5.97 Å². The lowest BCUT2D eigenvalue weighted by Crippen LogP contribution is -2.55. The molecule has 1 spiro atoms. The number of hydrogen-bond donors (Lipinski definition) is 3. The number of allylic oxidation sites excluding steroid dienone is 1. The Morgan fingerprint density at radius 2 is 1.82 bits per heavy atom. The molecule has 2 saturated heterocycles. The van der Waals surface area contributed by atoms with Gasteiger partial charge in [-0.05, 0) is 83.6 Å². The number of benzene rings is 1. The molecule has 2 saturated carbocycles. The average Bonchev–Trinajstić information content (AvgIpc) is 3.93. The highest BCUT2D eigenvalue weighted by molar-refractivity contribution is 5.82. The number of epoxide rings is 2. The second-order valence-corrected chi connectivity index (χ2v) is 13.9. The molecule has 1 aromatic rings. The van der Waals surface area contributed by atoms with Gasteiger partial charge in [0.1, 0.15) is 23.4 Å². The molecule has 4 N–H and O–H groups in total. The second kappa shape index (κ2) is 14.3. The Bertz CT molecular complexity index is 1220. The maximum absolute atomic E-state index is 13.2. The number of primary amides is 1. The highest BCUT2D eigenvalue weighted by Gasteiger charge is 2.72. The van der Waals surface area contributed by atoms with Crippen LogP contribution in [0.25, 0.3) is 0 Å². The number of nitrogens with two attached hydrogens (primary N) is 1. The first-order valence-corrected chi connectivity index (χ1v) is 16.6. The molecule has 2 amide bonds. The van der Waals surface area contributed by atoms with Gasteiger partial charge in [0.2, 0.25) is 11.8 Å². The quantitative estimate of drug-likeness (QED) is 0.162. The zero-order chi connectivity index (χ0) is 32.2. The monoisotopic (exact) mass is 625 g/mol. The molecule has 248 valence electrons. The molecule has 4 aliphatic rings. The minimum absolute atomic E-state index is 0.00208. The molecule has 5 rings (SSSR count). The number of carbonyl (C=O) groups excluding carboxylic acids is 3. The third-order valence-corrected chi connectivity index (χ3v) is 10.3. The van der Waals surface area contributed by atoms with Crippen molar-refractivity contribution in [3.05, 3.63) is 47.5 Å². The molecule has 0 radical (unpaired) electrons. The Labute approximate surface area is 267 Å². The van der Waals surface area contributed by atoms with Crippen molar-refractivity contribution < 1.29 is 33.3 Å². The summed E-state index contributed by atoms with van der Waals surface area (Å²) in [6.07, 6.45) is 8.14. The molecule has 4 unspecified atom stereocenters. The van der Waals surface area contributed by atoms with E-state index in [1.54, 1.807) is 7.11 Å². The van der Waals surface area contributed by atoms with Gasteiger partial charge in [-0.25, -0.2) is 0 Å². The SMILES string of the molecule is COC1C(OC(=O)CC2CCC(NC(=O)CN[C@@H](Cc3ccccc3)C(N)=O)CC2)CC[C@]2(CO2)C1C1(C)O[C@@H]1CC=C(C)C. The third kappa shape index (κ3) is 8.33. The summed E-state index contributed by atoms with van der Waals surface area (Å²) in [5, 5.41) is 6.07. The Morgan fingerprint density at radius 3 is 2.44 bits per heavy atom. The summed E-state index contributed by atoms with van der Waals surface area (Å²) in [5.41, 5.74) is 7.19. The average molecular weight is 626 g/mol. The predicted octanol–water partition coefficient (Wildman–Crippen LogP) is 3.36. The first kappa shape index (κ1) is 33.6. The molecule has 4 fully saturated rings. The van der Waals surface area contributed by atoms with Crippen molar-refractivity contribution in [2.24, 2.45) is 17.6 Å². The predicted molar refractivity (Wildman–Crippen MR) is 169 cm³/mol.